The summed E-state index contributed by atoms with van der Waals surface area (Å²) in [6, 6.07) is -1.65. The summed E-state index contributed by atoms with van der Waals surface area (Å²) in [4.78, 5) is 36.4. The molecule has 3 rings (SSSR count). The van der Waals surface area contributed by atoms with Crippen LogP contribution in [0.25, 0.3) is 0 Å². The Morgan fingerprint density at radius 3 is 2.62 bits per heavy atom. The molecule has 2 heterocycles. The average molecular weight is 377 g/mol. The van der Waals surface area contributed by atoms with Gasteiger partial charge in [0.25, 0.3) is 0 Å². The van der Waals surface area contributed by atoms with Crippen LogP contribution in [0.4, 0.5) is 13.2 Å². The summed E-state index contributed by atoms with van der Waals surface area (Å²) in [6.07, 6.45) is -1.73. The molecule has 1 saturated carbocycles. The SMILES string of the molecule is O=C(N[C@@H](C[C@@H]1CCNC1=O)C(=O)COC(F)(F)F)C1CC2(CC2)CN1. The first-order valence-electron chi connectivity index (χ1n) is 8.72. The number of alkyl halides is 3. The molecule has 7 nitrogen and oxygen atoms in total. The molecule has 26 heavy (non-hydrogen) atoms. The third kappa shape index (κ3) is 4.73. The fraction of sp³-hybridized carbons (Fsp3) is 0.812. The van der Waals surface area contributed by atoms with Gasteiger partial charge in [0, 0.05) is 19.0 Å². The summed E-state index contributed by atoms with van der Waals surface area (Å²) >= 11 is 0. The van der Waals surface area contributed by atoms with E-state index in [-0.39, 0.29) is 17.7 Å². The number of halogens is 3. The van der Waals surface area contributed by atoms with Crippen LogP contribution >= 0.6 is 0 Å². The third-order valence-corrected chi connectivity index (χ3v) is 5.40. The molecule has 0 bridgehead atoms. The quantitative estimate of drug-likeness (QED) is 0.591. The Morgan fingerprint density at radius 1 is 1.35 bits per heavy atom. The maximum Gasteiger partial charge on any atom is 0.522 e. The van der Waals surface area contributed by atoms with Gasteiger partial charge < -0.3 is 16.0 Å². The second kappa shape index (κ2) is 7.15. The summed E-state index contributed by atoms with van der Waals surface area (Å²) in [5.41, 5.74) is 0.159. The van der Waals surface area contributed by atoms with E-state index in [1.807, 2.05) is 0 Å². The van der Waals surface area contributed by atoms with Gasteiger partial charge in [-0.15, -0.1) is 13.2 Å². The number of carbonyl (C=O) groups is 3. The Bertz CT molecular complexity index is 592. The van der Waals surface area contributed by atoms with Crippen molar-refractivity contribution in [1.82, 2.24) is 16.0 Å². The summed E-state index contributed by atoms with van der Waals surface area (Å²) in [7, 11) is 0. The maximum atomic E-state index is 12.4. The van der Waals surface area contributed by atoms with Gasteiger partial charge in [-0.25, -0.2) is 0 Å². The molecule has 1 unspecified atom stereocenters. The van der Waals surface area contributed by atoms with E-state index in [0.29, 0.717) is 19.4 Å². The van der Waals surface area contributed by atoms with Crippen LogP contribution in [0.3, 0.4) is 0 Å². The highest BCUT2D eigenvalue weighted by Crippen LogP contribution is 2.51. The van der Waals surface area contributed by atoms with Crippen LogP contribution in [0.1, 0.15) is 32.1 Å². The molecule has 1 aliphatic carbocycles. The molecule has 10 heteroatoms. The highest BCUT2D eigenvalue weighted by molar-refractivity contribution is 5.92. The number of ether oxygens (including phenoxy) is 1. The maximum absolute atomic E-state index is 12.4. The lowest BCUT2D eigenvalue weighted by molar-refractivity contribution is -0.321. The van der Waals surface area contributed by atoms with E-state index in [0.717, 1.165) is 19.4 Å². The molecular weight excluding hydrogens is 355 g/mol. The number of hydrogen-bond acceptors (Lipinski definition) is 5. The lowest BCUT2D eigenvalue weighted by atomic mass is 9.95. The van der Waals surface area contributed by atoms with Crippen LogP contribution in [0, 0.1) is 11.3 Å². The predicted molar refractivity (Wildman–Crippen MR) is 82.8 cm³/mol. The minimum absolute atomic E-state index is 0.0323. The first-order valence-corrected chi connectivity index (χ1v) is 8.72. The molecule has 2 saturated heterocycles. The van der Waals surface area contributed by atoms with Crippen molar-refractivity contribution < 1.29 is 32.3 Å². The van der Waals surface area contributed by atoms with E-state index < -0.39 is 42.7 Å². The average Bonchev–Trinajstić information content (AvgIpc) is 2.98. The Morgan fingerprint density at radius 2 is 2.08 bits per heavy atom. The molecule has 0 aromatic carbocycles. The molecule has 3 fully saturated rings. The van der Waals surface area contributed by atoms with Gasteiger partial charge in [0.1, 0.15) is 6.61 Å². The lowest BCUT2D eigenvalue weighted by Crippen LogP contribution is -2.50. The van der Waals surface area contributed by atoms with Crippen LogP contribution in [0.15, 0.2) is 0 Å². The second-order valence-electron chi connectivity index (χ2n) is 7.41. The van der Waals surface area contributed by atoms with Gasteiger partial charge in [0.15, 0.2) is 5.78 Å². The van der Waals surface area contributed by atoms with Gasteiger partial charge >= 0.3 is 6.36 Å². The topological polar surface area (TPSA) is 96.5 Å². The van der Waals surface area contributed by atoms with Crippen LogP contribution in [0.5, 0.6) is 0 Å². The largest absolute Gasteiger partial charge is 0.522 e. The van der Waals surface area contributed by atoms with Crippen LogP contribution in [-0.4, -0.2) is 55.7 Å². The van der Waals surface area contributed by atoms with Crippen LogP contribution < -0.4 is 16.0 Å². The molecule has 3 N–H and O–H groups in total. The molecule has 2 amide bonds. The summed E-state index contributed by atoms with van der Waals surface area (Å²) in [5.74, 6) is -2.08. The van der Waals surface area contributed by atoms with E-state index in [1.165, 1.54) is 0 Å². The highest BCUT2D eigenvalue weighted by Gasteiger charge is 2.50. The normalized spacial score (nSPS) is 28.0. The van der Waals surface area contributed by atoms with E-state index in [9.17, 15) is 27.6 Å². The predicted octanol–water partition coefficient (Wildman–Crippen LogP) is 0.245. The van der Waals surface area contributed by atoms with E-state index in [1.54, 1.807) is 0 Å². The van der Waals surface area contributed by atoms with Gasteiger partial charge in [-0.3, -0.25) is 19.1 Å². The minimum atomic E-state index is -4.93. The fourth-order valence-electron chi connectivity index (χ4n) is 3.61. The van der Waals surface area contributed by atoms with Crippen LogP contribution in [-0.2, 0) is 19.1 Å². The van der Waals surface area contributed by atoms with Gasteiger partial charge in [-0.05, 0) is 37.5 Å². The van der Waals surface area contributed by atoms with E-state index in [4.69, 9.17) is 0 Å². The molecule has 1 spiro atoms. The lowest BCUT2D eigenvalue weighted by Gasteiger charge is -2.22. The number of Topliss-reactive ketones (excluding diaryl/α,β-unsaturated/α-hetero) is 1. The Labute approximate surface area is 148 Å². The van der Waals surface area contributed by atoms with Crippen molar-refractivity contribution in [3.8, 4) is 0 Å². The minimum Gasteiger partial charge on any atom is -0.356 e. The zero-order valence-corrected chi connectivity index (χ0v) is 14.2. The molecule has 146 valence electrons. The van der Waals surface area contributed by atoms with E-state index in [2.05, 4.69) is 20.7 Å². The van der Waals surface area contributed by atoms with Gasteiger partial charge in [-0.1, -0.05) is 0 Å². The summed E-state index contributed by atoms with van der Waals surface area (Å²) < 4.78 is 40.2. The Hall–Kier alpha value is -1.68. The number of hydrogen-bond donors (Lipinski definition) is 3. The molecule has 3 aliphatic rings. The zero-order chi connectivity index (χ0) is 18.9. The van der Waals surface area contributed by atoms with Gasteiger partial charge in [0.2, 0.25) is 11.8 Å². The first-order chi connectivity index (χ1) is 12.2. The fourth-order valence-corrected chi connectivity index (χ4v) is 3.61. The van der Waals surface area contributed by atoms with Crippen molar-refractivity contribution in [1.29, 1.82) is 0 Å². The number of carbonyl (C=O) groups excluding carboxylic acids is 3. The summed E-state index contributed by atoms with van der Waals surface area (Å²) in [5, 5.41) is 8.24. The van der Waals surface area contributed by atoms with Crippen molar-refractivity contribution in [2.45, 2.75) is 50.6 Å². The number of rotatable bonds is 7. The molecule has 0 aromatic heterocycles. The van der Waals surface area contributed by atoms with E-state index >= 15 is 0 Å². The zero-order valence-electron chi connectivity index (χ0n) is 14.2. The van der Waals surface area contributed by atoms with Gasteiger partial charge in [0.05, 0.1) is 12.1 Å². The third-order valence-electron chi connectivity index (χ3n) is 5.40. The first kappa shape index (κ1) is 19.1. The smallest absolute Gasteiger partial charge is 0.356 e. The van der Waals surface area contributed by atoms with Crippen molar-refractivity contribution in [3.05, 3.63) is 0 Å². The highest BCUT2D eigenvalue weighted by atomic mass is 19.4. The van der Waals surface area contributed by atoms with Crippen molar-refractivity contribution in [3.63, 3.8) is 0 Å². The van der Waals surface area contributed by atoms with Gasteiger partial charge in [-0.2, -0.15) is 0 Å². The Kier molecular flexibility index (Phi) is 5.25. The molecule has 0 radical (unpaired) electrons. The number of ketones is 1. The molecular formula is C16H22F3N3O4. The molecule has 3 atom stereocenters. The van der Waals surface area contributed by atoms with Crippen molar-refractivity contribution >= 4 is 17.6 Å². The summed E-state index contributed by atoms with van der Waals surface area (Å²) in [6.45, 7) is -0.0131. The van der Waals surface area contributed by atoms with Crippen molar-refractivity contribution in [2.24, 2.45) is 11.3 Å². The van der Waals surface area contributed by atoms with Crippen LogP contribution in [0.2, 0.25) is 0 Å². The number of nitrogens with one attached hydrogen (secondary N) is 3. The number of amides is 2. The second-order valence-corrected chi connectivity index (χ2v) is 7.41. The standard InChI is InChI=1S/C16H22F3N3O4/c17-16(18,19)26-7-12(23)10(5-9-1-4-20-13(9)24)22-14(25)11-6-15(2-3-15)8-21-11/h9-11,21H,1-8H2,(H,20,24)(H,22,25)/t9-,10-,11?/m0/s1. The van der Waals surface area contributed by atoms with Crippen molar-refractivity contribution in [2.75, 3.05) is 19.7 Å². The Balaban J connectivity index is 1.60. The molecule has 0 aromatic rings. The monoisotopic (exact) mass is 377 g/mol. The molecule has 2 aliphatic heterocycles.